The summed E-state index contributed by atoms with van der Waals surface area (Å²) in [4.78, 5) is 11.6. The van der Waals surface area contributed by atoms with Crippen LogP contribution in [0.15, 0.2) is 36.5 Å². The number of benzene rings is 1. The molecule has 0 aliphatic heterocycles. The van der Waals surface area contributed by atoms with Crippen LogP contribution >= 0.6 is 0 Å². The second kappa shape index (κ2) is 5.31. The van der Waals surface area contributed by atoms with Gasteiger partial charge < -0.3 is 10.6 Å². The Morgan fingerprint density at radius 2 is 2.17 bits per heavy atom. The van der Waals surface area contributed by atoms with E-state index in [4.69, 9.17) is 0 Å². The third-order valence-corrected chi connectivity index (χ3v) is 2.29. The van der Waals surface area contributed by atoms with Crippen LogP contribution < -0.4 is 10.6 Å². The van der Waals surface area contributed by atoms with E-state index >= 15 is 0 Å². The van der Waals surface area contributed by atoms with Crippen LogP contribution in [-0.4, -0.2) is 22.2 Å². The van der Waals surface area contributed by atoms with E-state index < -0.39 is 5.82 Å². The van der Waals surface area contributed by atoms with E-state index in [1.165, 1.54) is 12.1 Å². The van der Waals surface area contributed by atoms with Gasteiger partial charge in [0.2, 0.25) is 5.91 Å². The predicted molar refractivity (Wildman–Crippen MR) is 66.7 cm³/mol. The minimum absolute atomic E-state index is 0.0331. The van der Waals surface area contributed by atoms with E-state index in [0.29, 0.717) is 5.82 Å². The SMILES string of the molecule is Cn1ccc(NCC(=O)Nc2ccccc2F)n1. The van der Waals surface area contributed by atoms with Crippen molar-refractivity contribution in [1.29, 1.82) is 0 Å². The number of rotatable bonds is 4. The topological polar surface area (TPSA) is 59.0 Å². The molecule has 2 rings (SSSR count). The number of amides is 1. The van der Waals surface area contributed by atoms with Gasteiger partial charge in [-0.05, 0) is 12.1 Å². The highest BCUT2D eigenvalue weighted by Gasteiger charge is 2.06. The van der Waals surface area contributed by atoms with Gasteiger partial charge in [-0.2, -0.15) is 5.10 Å². The molecular weight excluding hydrogens is 235 g/mol. The normalized spacial score (nSPS) is 10.1. The summed E-state index contributed by atoms with van der Waals surface area (Å²) in [5.74, 6) is -0.185. The molecule has 0 unspecified atom stereocenters. The van der Waals surface area contributed by atoms with Crippen LogP contribution in [0.3, 0.4) is 0 Å². The zero-order valence-electron chi connectivity index (χ0n) is 9.85. The quantitative estimate of drug-likeness (QED) is 0.864. The largest absolute Gasteiger partial charge is 0.360 e. The molecule has 1 aromatic heterocycles. The van der Waals surface area contributed by atoms with Crippen molar-refractivity contribution in [3.05, 3.63) is 42.3 Å². The number of hydrogen-bond acceptors (Lipinski definition) is 3. The van der Waals surface area contributed by atoms with Crippen LogP contribution in [-0.2, 0) is 11.8 Å². The molecule has 0 fully saturated rings. The number of anilines is 2. The first kappa shape index (κ1) is 12.1. The zero-order valence-corrected chi connectivity index (χ0v) is 9.85. The number of hydrogen-bond donors (Lipinski definition) is 2. The number of nitrogens with one attached hydrogen (secondary N) is 2. The van der Waals surface area contributed by atoms with E-state index in [1.54, 1.807) is 36.1 Å². The number of aromatic nitrogens is 2. The monoisotopic (exact) mass is 248 g/mol. The van der Waals surface area contributed by atoms with Crippen molar-refractivity contribution in [3.63, 3.8) is 0 Å². The molecule has 2 N–H and O–H groups in total. The lowest BCUT2D eigenvalue weighted by Crippen LogP contribution is -2.22. The lowest BCUT2D eigenvalue weighted by molar-refractivity contribution is -0.114. The molecule has 0 saturated carbocycles. The molecule has 18 heavy (non-hydrogen) atoms. The first-order valence-corrected chi connectivity index (χ1v) is 5.43. The third-order valence-electron chi connectivity index (χ3n) is 2.29. The summed E-state index contributed by atoms with van der Waals surface area (Å²) < 4.78 is 14.9. The Morgan fingerprint density at radius 1 is 1.39 bits per heavy atom. The van der Waals surface area contributed by atoms with Crippen LogP contribution in [0.25, 0.3) is 0 Å². The van der Waals surface area contributed by atoms with Crippen molar-refractivity contribution in [3.8, 4) is 0 Å². The fraction of sp³-hybridized carbons (Fsp3) is 0.167. The lowest BCUT2D eigenvalue weighted by atomic mass is 10.3. The zero-order chi connectivity index (χ0) is 13.0. The summed E-state index contributed by atoms with van der Waals surface area (Å²) in [6, 6.07) is 7.77. The van der Waals surface area contributed by atoms with E-state index in [2.05, 4.69) is 15.7 Å². The molecular formula is C12H13FN4O. The van der Waals surface area contributed by atoms with Crippen molar-refractivity contribution >= 4 is 17.4 Å². The number of nitrogens with zero attached hydrogens (tertiary/aromatic N) is 2. The van der Waals surface area contributed by atoms with Crippen molar-refractivity contribution < 1.29 is 9.18 Å². The number of para-hydroxylation sites is 1. The van der Waals surface area contributed by atoms with Crippen molar-refractivity contribution in [1.82, 2.24) is 9.78 Å². The molecule has 1 aromatic carbocycles. The molecule has 0 aliphatic rings. The fourth-order valence-electron chi connectivity index (χ4n) is 1.44. The van der Waals surface area contributed by atoms with E-state index in [9.17, 15) is 9.18 Å². The van der Waals surface area contributed by atoms with Crippen LogP contribution in [0.2, 0.25) is 0 Å². The molecule has 0 atom stereocenters. The molecule has 0 aliphatic carbocycles. The van der Waals surface area contributed by atoms with Crippen molar-refractivity contribution in [2.75, 3.05) is 17.2 Å². The third kappa shape index (κ3) is 3.07. The Kier molecular flexibility index (Phi) is 3.57. The summed E-state index contributed by atoms with van der Waals surface area (Å²) in [7, 11) is 1.78. The average Bonchev–Trinajstić information content (AvgIpc) is 2.76. The molecule has 5 nitrogen and oxygen atoms in total. The molecule has 0 bridgehead atoms. The van der Waals surface area contributed by atoms with Gasteiger partial charge in [-0.3, -0.25) is 9.48 Å². The van der Waals surface area contributed by atoms with Gasteiger partial charge in [0.15, 0.2) is 0 Å². The Balaban J connectivity index is 1.88. The fourth-order valence-corrected chi connectivity index (χ4v) is 1.44. The summed E-state index contributed by atoms with van der Waals surface area (Å²) in [6.45, 7) is 0.0331. The van der Waals surface area contributed by atoms with Crippen LogP contribution in [0.1, 0.15) is 0 Å². The molecule has 1 amide bonds. The van der Waals surface area contributed by atoms with E-state index in [0.717, 1.165) is 0 Å². The van der Waals surface area contributed by atoms with Gasteiger partial charge in [-0.25, -0.2) is 4.39 Å². The van der Waals surface area contributed by atoms with Gasteiger partial charge in [0.25, 0.3) is 0 Å². The van der Waals surface area contributed by atoms with Gasteiger partial charge >= 0.3 is 0 Å². The number of aryl methyl sites for hydroxylation is 1. The Hall–Kier alpha value is -2.37. The molecule has 0 spiro atoms. The van der Waals surface area contributed by atoms with Gasteiger partial charge in [-0.15, -0.1) is 0 Å². The van der Waals surface area contributed by atoms with Crippen LogP contribution in [0.4, 0.5) is 15.9 Å². The Morgan fingerprint density at radius 3 is 2.83 bits per heavy atom. The molecule has 0 radical (unpaired) electrons. The number of carbonyl (C=O) groups is 1. The molecule has 2 aromatic rings. The highest BCUT2D eigenvalue weighted by Crippen LogP contribution is 2.12. The minimum Gasteiger partial charge on any atom is -0.360 e. The van der Waals surface area contributed by atoms with Gasteiger partial charge in [0.1, 0.15) is 11.6 Å². The second-order valence-corrected chi connectivity index (χ2v) is 3.76. The maximum atomic E-state index is 13.3. The van der Waals surface area contributed by atoms with E-state index in [1.807, 2.05) is 0 Å². The van der Waals surface area contributed by atoms with Gasteiger partial charge in [0, 0.05) is 19.3 Å². The second-order valence-electron chi connectivity index (χ2n) is 3.76. The van der Waals surface area contributed by atoms with Crippen molar-refractivity contribution in [2.45, 2.75) is 0 Å². The smallest absolute Gasteiger partial charge is 0.243 e. The standard InChI is InChI=1S/C12H13FN4O/c1-17-7-6-11(16-17)14-8-12(18)15-10-5-3-2-4-9(10)13/h2-7H,8H2,1H3,(H,14,16)(H,15,18). The molecule has 1 heterocycles. The summed E-state index contributed by atoms with van der Waals surface area (Å²) >= 11 is 0. The Labute approximate surface area is 104 Å². The predicted octanol–water partition coefficient (Wildman–Crippen LogP) is 1.61. The van der Waals surface area contributed by atoms with Gasteiger partial charge in [-0.1, -0.05) is 12.1 Å². The maximum absolute atomic E-state index is 13.3. The molecule has 6 heteroatoms. The first-order chi connectivity index (χ1) is 8.65. The number of carbonyl (C=O) groups excluding carboxylic acids is 1. The minimum atomic E-state index is -0.455. The molecule has 94 valence electrons. The van der Waals surface area contributed by atoms with E-state index in [-0.39, 0.29) is 18.1 Å². The number of halogens is 1. The molecule has 0 saturated heterocycles. The highest BCUT2D eigenvalue weighted by molar-refractivity contribution is 5.93. The first-order valence-electron chi connectivity index (χ1n) is 5.43. The maximum Gasteiger partial charge on any atom is 0.243 e. The lowest BCUT2D eigenvalue weighted by Gasteiger charge is -2.06. The highest BCUT2D eigenvalue weighted by atomic mass is 19.1. The van der Waals surface area contributed by atoms with Crippen LogP contribution in [0, 0.1) is 5.82 Å². The Bertz CT molecular complexity index is 553. The summed E-state index contributed by atoms with van der Waals surface area (Å²) in [5, 5.41) is 9.37. The van der Waals surface area contributed by atoms with Crippen LogP contribution in [0.5, 0.6) is 0 Å². The van der Waals surface area contributed by atoms with Gasteiger partial charge in [0.05, 0.1) is 12.2 Å². The summed E-state index contributed by atoms with van der Waals surface area (Å²) in [5.41, 5.74) is 0.172. The average molecular weight is 248 g/mol. The van der Waals surface area contributed by atoms with Crippen molar-refractivity contribution in [2.24, 2.45) is 7.05 Å². The summed E-state index contributed by atoms with van der Waals surface area (Å²) in [6.07, 6.45) is 1.76.